The molecule has 1 atom stereocenters. The average Bonchev–Trinajstić information content (AvgIpc) is 3.28. The van der Waals surface area contributed by atoms with Gasteiger partial charge in [0.25, 0.3) is 0 Å². The summed E-state index contributed by atoms with van der Waals surface area (Å²) in [6, 6.07) is 77.5. The molecule has 0 fully saturated rings. The number of halogens is 1. The van der Waals surface area contributed by atoms with Crippen molar-refractivity contribution in [2.75, 3.05) is 0 Å². The van der Waals surface area contributed by atoms with Crippen LogP contribution in [0.15, 0.2) is 212 Å². The summed E-state index contributed by atoms with van der Waals surface area (Å²) in [6.07, 6.45) is 2.72. The summed E-state index contributed by atoms with van der Waals surface area (Å²) in [5.74, 6) is 0.560. The predicted molar refractivity (Wildman–Crippen MR) is 231 cm³/mol. The van der Waals surface area contributed by atoms with Gasteiger partial charge in [-0.25, -0.2) is 0 Å². The number of hydrogen-bond donors (Lipinski definition) is 0. The Morgan fingerprint density at radius 1 is 0.429 bits per heavy atom. The van der Waals surface area contributed by atoms with E-state index in [4.69, 9.17) is 16.9 Å². The van der Waals surface area contributed by atoms with Gasteiger partial charge in [-0.2, -0.15) is 15.8 Å². The van der Waals surface area contributed by atoms with Gasteiger partial charge in [0, 0.05) is 5.88 Å². The zero-order valence-electron chi connectivity index (χ0n) is 31.5. The van der Waals surface area contributed by atoms with Crippen LogP contribution in [-0.2, 0) is 37.0 Å². The summed E-state index contributed by atoms with van der Waals surface area (Å²) in [4.78, 5) is 0. The van der Waals surface area contributed by atoms with Gasteiger partial charge < -0.3 is 0 Å². The highest BCUT2D eigenvalue weighted by molar-refractivity contribution is 6.17. The fourth-order valence-electron chi connectivity index (χ4n) is 6.08. The molecule has 7 aromatic carbocycles. The number of benzene rings is 7. The minimum atomic E-state index is -0.552. The first-order valence-corrected chi connectivity index (χ1v) is 19.2. The minimum absolute atomic E-state index is 0.0522. The molecule has 0 bridgehead atoms. The normalized spacial score (nSPS) is 10.5. The van der Waals surface area contributed by atoms with Crippen LogP contribution in [0.3, 0.4) is 0 Å². The van der Waals surface area contributed by atoms with E-state index in [1.54, 1.807) is 0 Å². The Balaban J connectivity index is 0.000000182. The Morgan fingerprint density at radius 3 is 1.14 bits per heavy atom. The van der Waals surface area contributed by atoms with Crippen LogP contribution in [0.1, 0.15) is 44.9 Å². The Hall–Kier alpha value is -6.70. The first-order valence-electron chi connectivity index (χ1n) is 18.6. The molecule has 0 aromatic heterocycles. The molecule has 3 nitrogen and oxygen atoms in total. The van der Waals surface area contributed by atoms with Gasteiger partial charge in [0.1, 0.15) is 0 Å². The summed E-state index contributed by atoms with van der Waals surface area (Å²) in [7, 11) is 0. The molecule has 0 aliphatic carbocycles. The van der Waals surface area contributed by atoms with Gasteiger partial charge in [0.05, 0.1) is 36.0 Å². The molecule has 0 saturated heterocycles. The van der Waals surface area contributed by atoms with E-state index in [1.807, 2.05) is 164 Å². The van der Waals surface area contributed by atoms with Crippen LogP contribution in [0.2, 0.25) is 0 Å². The van der Waals surface area contributed by atoms with Gasteiger partial charge in [0.2, 0.25) is 0 Å². The van der Waals surface area contributed by atoms with Crippen LogP contribution >= 0.6 is 11.6 Å². The third kappa shape index (κ3) is 14.6. The maximum atomic E-state index is 10.1. The van der Waals surface area contributed by atoms with Crippen LogP contribution < -0.4 is 0 Å². The third-order valence-electron chi connectivity index (χ3n) is 9.00. The molecule has 0 radical (unpaired) electrons. The number of rotatable bonds is 10. The van der Waals surface area contributed by atoms with Gasteiger partial charge >= 0.3 is 0 Å². The minimum Gasteiger partial charge on any atom is -0.198 e. The molecule has 276 valence electrons. The Bertz CT molecular complexity index is 2150. The van der Waals surface area contributed by atoms with E-state index in [1.165, 1.54) is 22.3 Å². The van der Waals surface area contributed by atoms with Crippen LogP contribution in [0.5, 0.6) is 0 Å². The van der Waals surface area contributed by atoms with Crippen molar-refractivity contribution in [2.24, 2.45) is 0 Å². The quantitative estimate of drug-likeness (QED) is 0.131. The summed E-state index contributed by atoms with van der Waals surface area (Å²) in [5, 5.41) is 27.6. The van der Waals surface area contributed by atoms with E-state index >= 15 is 0 Å². The van der Waals surface area contributed by atoms with Gasteiger partial charge in [-0.15, -0.1) is 11.6 Å². The second-order valence-electron chi connectivity index (χ2n) is 13.1. The van der Waals surface area contributed by atoms with Crippen molar-refractivity contribution in [1.82, 2.24) is 0 Å². The van der Waals surface area contributed by atoms with E-state index in [0.717, 1.165) is 23.1 Å². The lowest BCUT2D eigenvalue weighted by Crippen LogP contribution is -2.30. The van der Waals surface area contributed by atoms with Crippen LogP contribution in [0, 0.1) is 34.0 Å². The van der Waals surface area contributed by atoms with E-state index in [0.29, 0.717) is 25.1 Å². The molecule has 56 heavy (non-hydrogen) atoms. The summed E-state index contributed by atoms with van der Waals surface area (Å²) in [6.45, 7) is 0. The van der Waals surface area contributed by atoms with Crippen molar-refractivity contribution in [3.8, 4) is 18.2 Å². The maximum Gasteiger partial charge on any atom is 0.0902 e. The smallest absolute Gasteiger partial charge is 0.0902 e. The van der Waals surface area contributed by atoms with E-state index in [9.17, 15) is 10.5 Å². The fraction of sp³-hybridized carbons (Fsp3) is 0.135. The highest BCUT2D eigenvalue weighted by atomic mass is 35.5. The number of nitrogens with zero attached hydrogens (tertiary/aromatic N) is 3. The van der Waals surface area contributed by atoms with Crippen LogP contribution in [-0.4, -0.2) is 0 Å². The van der Waals surface area contributed by atoms with Gasteiger partial charge in [-0.05, 0) is 58.2 Å². The van der Waals surface area contributed by atoms with Crippen molar-refractivity contribution >= 4 is 11.6 Å². The zero-order valence-corrected chi connectivity index (χ0v) is 32.3. The van der Waals surface area contributed by atoms with E-state index < -0.39 is 5.41 Å². The van der Waals surface area contributed by atoms with Crippen molar-refractivity contribution in [3.05, 3.63) is 251 Å². The molecule has 0 aliphatic rings. The molecule has 0 spiro atoms. The highest BCUT2D eigenvalue weighted by Crippen LogP contribution is 2.32. The van der Waals surface area contributed by atoms with Crippen molar-refractivity contribution in [1.29, 1.82) is 15.8 Å². The Morgan fingerprint density at radius 2 is 0.786 bits per heavy atom. The lowest BCUT2D eigenvalue weighted by Gasteiger charge is -2.28. The van der Waals surface area contributed by atoms with Crippen molar-refractivity contribution in [2.45, 2.75) is 42.9 Å². The molecule has 7 rings (SSSR count). The summed E-state index contributed by atoms with van der Waals surface area (Å²) < 4.78 is 0. The van der Waals surface area contributed by atoms with E-state index in [2.05, 4.69) is 66.7 Å². The molecule has 0 aliphatic heterocycles. The second-order valence-corrected chi connectivity index (χ2v) is 13.4. The maximum absolute atomic E-state index is 10.1. The largest absolute Gasteiger partial charge is 0.198 e. The standard InChI is InChI=1S/C22H19N.C15H13N.C8H7N.C7H7Cl/c23-18-22(21-14-8-3-9-15-21,16-19-10-4-1-5-11-19)17-20-12-6-2-7-13-20;16-12-15(14-9-5-2-6-10-14)11-13-7-3-1-4-8-13;9-7-6-8-4-2-1-3-5-8;8-6-7-4-2-1-3-5-7/h1-15H,16-17H2;1-10,15H,11H2;1-5H,6H2;1-5H,6H2. The van der Waals surface area contributed by atoms with Crippen LogP contribution in [0.25, 0.3) is 0 Å². The third-order valence-corrected chi connectivity index (χ3v) is 9.31. The first-order chi connectivity index (χ1) is 27.6. The molecule has 0 saturated carbocycles. The van der Waals surface area contributed by atoms with Gasteiger partial charge in [-0.3, -0.25) is 0 Å². The van der Waals surface area contributed by atoms with Crippen molar-refractivity contribution < 1.29 is 0 Å². The lowest BCUT2D eigenvalue weighted by atomic mass is 9.72. The molecule has 0 heterocycles. The fourth-order valence-corrected chi connectivity index (χ4v) is 6.26. The van der Waals surface area contributed by atoms with Crippen LogP contribution in [0.4, 0.5) is 0 Å². The highest BCUT2D eigenvalue weighted by Gasteiger charge is 2.33. The molecular formula is C52H46ClN3. The Labute approximate surface area is 338 Å². The summed E-state index contributed by atoms with van der Waals surface area (Å²) in [5.41, 5.74) is 7.46. The van der Waals surface area contributed by atoms with Crippen molar-refractivity contribution in [3.63, 3.8) is 0 Å². The predicted octanol–water partition coefficient (Wildman–Crippen LogP) is 12.6. The molecule has 4 heteroatoms. The molecular weight excluding hydrogens is 702 g/mol. The molecule has 1 unspecified atom stereocenters. The number of alkyl halides is 1. The molecule has 7 aromatic rings. The zero-order chi connectivity index (χ0) is 39.5. The Kier molecular flexibility index (Phi) is 18.5. The summed E-state index contributed by atoms with van der Waals surface area (Å²) >= 11 is 5.53. The second kappa shape index (κ2) is 24.6. The monoisotopic (exact) mass is 747 g/mol. The average molecular weight is 748 g/mol. The number of nitriles is 3. The molecule has 0 N–H and O–H groups in total. The van der Waals surface area contributed by atoms with Gasteiger partial charge in [0.15, 0.2) is 0 Å². The first kappa shape index (κ1) is 42.0. The van der Waals surface area contributed by atoms with E-state index in [-0.39, 0.29) is 5.92 Å². The number of hydrogen-bond acceptors (Lipinski definition) is 3. The molecule has 0 amide bonds. The lowest BCUT2D eigenvalue weighted by molar-refractivity contribution is 0.541. The van der Waals surface area contributed by atoms with Gasteiger partial charge in [-0.1, -0.05) is 212 Å². The topological polar surface area (TPSA) is 71.4 Å². The SMILES string of the molecule is ClCc1ccccc1.N#CC(Cc1ccccc1)(Cc1ccccc1)c1ccccc1.N#CC(Cc1ccccc1)c1ccccc1.N#CCc1ccccc1.